The Morgan fingerprint density at radius 1 is 1.11 bits per heavy atom. The minimum atomic E-state index is 0. The smallest absolute Gasteiger partial charge is 0.292 e. The maximum absolute atomic E-state index is 8.95. The van der Waals surface area contributed by atoms with Gasteiger partial charge in [-0.15, -0.1) is 0 Å². The van der Waals surface area contributed by atoms with Crippen LogP contribution in [-0.2, 0) is 9.53 Å². The molecule has 2 heteroatoms. The van der Waals surface area contributed by atoms with E-state index >= 15 is 0 Å². The Balaban J connectivity index is -0.0000000221. The molecule has 0 saturated heterocycles. The molecule has 0 aromatic carbocycles. The molecule has 0 unspecified atom stereocenters. The third-order valence-electron chi connectivity index (χ3n) is 0.0962. The molecule has 0 heterocycles. The number of rotatable bonds is 1. The van der Waals surface area contributed by atoms with Crippen molar-refractivity contribution in [2.45, 2.75) is 35.1 Å². The van der Waals surface area contributed by atoms with Gasteiger partial charge in [0.05, 0.1) is 7.11 Å². The molecule has 0 atom stereocenters. The molecule has 0 aromatic rings. The van der Waals surface area contributed by atoms with Gasteiger partial charge in [0.25, 0.3) is 6.47 Å². The summed E-state index contributed by atoms with van der Waals surface area (Å²) in [5, 5.41) is 0. The van der Waals surface area contributed by atoms with E-state index in [-0.39, 0.29) is 7.43 Å². The van der Waals surface area contributed by atoms with E-state index < -0.39 is 0 Å². The molecule has 9 heavy (non-hydrogen) atoms. The van der Waals surface area contributed by atoms with Crippen molar-refractivity contribution in [1.29, 1.82) is 0 Å². The summed E-state index contributed by atoms with van der Waals surface area (Å²) in [7, 11) is 1.31. The van der Waals surface area contributed by atoms with E-state index in [9.17, 15) is 0 Å². The minimum Gasteiger partial charge on any atom is -0.471 e. The van der Waals surface area contributed by atoms with E-state index in [2.05, 4.69) is 4.74 Å². The van der Waals surface area contributed by atoms with Crippen LogP contribution in [0.5, 0.6) is 0 Å². The topological polar surface area (TPSA) is 26.3 Å². The molecule has 0 aliphatic heterocycles. The van der Waals surface area contributed by atoms with Gasteiger partial charge in [0, 0.05) is 0 Å². The first-order chi connectivity index (χ1) is 3.91. The first-order valence-electron chi connectivity index (χ1n) is 2.88. The highest BCUT2D eigenvalue weighted by Crippen LogP contribution is 1.35. The number of carbonyl (C=O) groups excluding carboxylic acids is 1. The molecule has 0 rings (SSSR count). The Bertz CT molecular complexity index is 20.9. The summed E-state index contributed by atoms with van der Waals surface area (Å²) >= 11 is 0. The fraction of sp³-hybridized carbons (Fsp3) is 0.857. The first kappa shape index (κ1) is 23.7. The molecule has 0 spiro atoms. The van der Waals surface area contributed by atoms with Crippen molar-refractivity contribution in [2.24, 2.45) is 0 Å². The Kier molecular flexibility index (Phi) is 380. The fourth-order valence-electron chi connectivity index (χ4n) is 0. The SMILES string of the molecule is C.CC.CC.COC=O. The van der Waals surface area contributed by atoms with Crippen LogP contribution < -0.4 is 0 Å². The Morgan fingerprint density at radius 3 is 1.22 bits per heavy atom. The second-order valence-electron chi connectivity index (χ2n) is 0.332. The highest BCUT2D eigenvalue weighted by molar-refractivity contribution is 5.36. The number of hydrogen-bond acceptors (Lipinski definition) is 2. The van der Waals surface area contributed by atoms with E-state index in [4.69, 9.17) is 4.79 Å². The largest absolute Gasteiger partial charge is 0.471 e. The van der Waals surface area contributed by atoms with Gasteiger partial charge in [0.2, 0.25) is 0 Å². The van der Waals surface area contributed by atoms with Gasteiger partial charge >= 0.3 is 0 Å². The summed E-state index contributed by atoms with van der Waals surface area (Å²) in [5.41, 5.74) is 0. The normalized spacial score (nSPS) is 3.67. The molecule has 0 N–H and O–H groups in total. The van der Waals surface area contributed by atoms with Gasteiger partial charge in [-0.3, -0.25) is 4.79 Å². The molecule has 0 fully saturated rings. The number of carbonyl (C=O) groups is 1. The molecule has 0 radical (unpaired) electrons. The monoisotopic (exact) mass is 136 g/mol. The Hall–Kier alpha value is -0.530. The average Bonchev–Trinajstić information content (AvgIpc) is 1.96. The predicted molar refractivity (Wildman–Crippen MR) is 42.5 cm³/mol. The van der Waals surface area contributed by atoms with Gasteiger partial charge in [0.1, 0.15) is 0 Å². The zero-order chi connectivity index (χ0) is 7.41. The van der Waals surface area contributed by atoms with Crippen molar-refractivity contribution in [2.75, 3.05) is 7.11 Å². The van der Waals surface area contributed by atoms with Crippen LogP contribution in [-0.4, -0.2) is 13.6 Å². The summed E-state index contributed by atoms with van der Waals surface area (Å²) < 4.78 is 3.86. The lowest BCUT2D eigenvalue weighted by atomic mass is 11.0. The molecule has 2 nitrogen and oxygen atoms in total. The van der Waals surface area contributed by atoms with Crippen molar-refractivity contribution >= 4 is 6.47 Å². The fourth-order valence-corrected chi connectivity index (χ4v) is 0. The highest BCUT2D eigenvalue weighted by atomic mass is 16.5. The van der Waals surface area contributed by atoms with Crippen LogP contribution >= 0.6 is 0 Å². The van der Waals surface area contributed by atoms with E-state index in [0.717, 1.165) is 0 Å². The van der Waals surface area contributed by atoms with Crippen molar-refractivity contribution in [3.8, 4) is 0 Å². The molecule has 0 saturated carbocycles. The van der Waals surface area contributed by atoms with Crippen LogP contribution in [0.3, 0.4) is 0 Å². The van der Waals surface area contributed by atoms with Gasteiger partial charge < -0.3 is 4.74 Å². The standard InChI is InChI=1S/C2H4O2.2C2H6.CH4/c1-4-2-3;2*1-2;/h2H,1H3;2*1-2H3;1H4. The summed E-state index contributed by atoms with van der Waals surface area (Å²) in [6.45, 7) is 8.38. The van der Waals surface area contributed by atoms with E-state index in [0.29, 0.717) is 6.47 Å². The molecule has 0 aromatic heterocycles. The van der Waals surface area contributed by atoms with Crippen molar-refractivity contribution < 1.29 is 9.53 Å². The van der Waals surface area contributed by atoms with Gasteiger partial charge in [-0.05, 0) is 0 Å². The molecular weight excluding hydrogens is 116 g/mol. The quantitative estimate of drug-likeness (QED) is 0.518. The van der Waals surface area contributed by atoms with E-state index in [1.807, 2.05) is 27.7 Å². The van der Waals surface area contributed by atoms with Crippen LogP contribution in [0.1, 0.15) is 35.1 Å². The third-order valence-corrected chi connectivity index (χ3v) is 0.0962. The minimum absolute atomic E-state index is 0. The van der Waals surface area contributed by atoms with Gasteiger partial charge in [-0.1, -0.05) is 35.1 Å². The zero-order valence-corrected chi connectivity index (χ0v) is 6.39. The molecule has 60 valence electrons. The van der Waals surface area contributed by atoms with Crippen molar-refractivity contribution in [3.05, 3.63) is 0 Å². The molecule has 0 bridgehead atoms. The summed E-state index contributed by atoms with van der Waals surface area (Å²) in [5.74, 6) is 0. The summed E-state index contributed by atoms with van der Waals surface area (Å²) in [6, 6.07) is 0. The van der Waals surface area contributed by atoms with E-state index in [1.165, 1.54) is 7.11 Å². The van der Waals surface area contributed by atoms with Gasteiger partial charge in [-0.2, -0.15) is 0 Å². The molecule has 0 aliphatic carbocycles. The van der Waals surface area contributed by atoms with Crippen LogP contribution in [0.4, 0.5) is 0 Å². The second-order valence-corrected chi connectivity index (χ2v) is 0.332. The lowest BCUT2D eigenvalue weighted by Crippen LogP contribution is -1.68. The summed E-state index contributed by atoms with van der Waals surface area (Å²) in [6.07, 6.45) is 0. The molecule has 0 amide bonds. The van der Waals surface area contributed by atoms with Gasteiger partial charge in [0.15, 0.2) is 0 Å². The van der Waals surface area contributed by atoms with Crippen LogP contribution in [0.25, 0.3) is 0 Å². The van der Waals surface area contributed by atoms with Crippen LogP contribution in [0.15, 0.2) is 0 Å². The number of methoxy groups -OCH3 is 1. The maximum Gasteiger partial charge on any atom is 0.292 e. The van der Waals surface area contributed by atoms with E-state index in [1.54, 1.807) is 0 Å². The van der Waals surface area contributed by atoms with Crippen molar-refractivity contribution in [3.63, 3.8) is 0 Å². The van der Waals surface area contributed by atoms with Crippen LogP contribution in [0.2, 0.25) is 0 Å². The average molecular weight is 136 g/mol. The molecule has 0 aliphatic rings. The van der Waals surface area contributed by atoms with Crippen LogP contribution in [0, 0.1) is 0 Å². The number of hydrogen-bond donors (Lipinski definition) is 0. The first-order valence-corrected chi connectivity index (χ1v) is 2.88. The second kappa shape index (κ2) is 145. The maximum atomic E-state index is 8.95. The Labute approximate surface area is 59.2 Å². The molecular formula is C7H20O2. The highest BCUT2D eigenvalue weighted by Gasteiger charge is 1.44. The lowest BCUT2D eigenvalue weighted by molar-refractivity contribution is -0.126. The van der Waals surface area contributed by atoms with Crippen molar-refractivity contribution in [1.82, 2.24) is 0 Å². The number of ether oxygens (including phenoxy) is 1. The predicted octanol–water partition coefficient (Wildman–Crippen LogP) is 2.48. The third kappa shape index (κ3) is 1010. The lowest BCUT2D eigenvalue weighted by Gasteiger charge is -1.67. The summed E-state index contributed by atoms with van der Waals surface area (Å²) in [4.78, 5) is 8.95. The zero-order valence-electron chi connectivity index (χ0n) is 6.39. The van der Waals surface area contributed by atoms with Gasteiger partial charge in [-0.25, -0.2) is 0 Å². The Morgan fingerprint density at radius 2 is 1.22 bits per heavy atom.